The maximum atomic E-state index is 12.9. The van der Waals surface area contributed by atoms with Crippen LogP contribution < -0.4 is 0 Å². The first-order valence-corrected chi connectivity index (χ1v) is 9.76. The van der Waals surface area contributed by atoms with Crippen molar-refractivity contribution in [2.24, 2.45) is 5.92 Å². The molecular formula is C22H28N2O4. The summed E-state index contributed by atoms with van der Waals surface area (Å²) >= 11 is 0. The van der Waals surface area contributed by atoms with E-state index in [1.54, 1.807) is 4.90 Å². The summed E-state index contributed by atoms with van der Waals surface area (Å²) in [5.41, 5.74) is 1.92. The highest BCUT2D eigenvalue weighted by molar-refractivity contribution is 6.09. The van der Waals surface area contributed by atoms with E-state index in [1.165, 1.54) is 0 Å². The van der Waals surface area contributed by atoms with Crippen molar-refractivity contribution in [3.8, 4) is 0 Å². The summed E-state index contributed by atoms with van der Waals surface area (Å²) in [5.74, 6) is -1.02. The zero-order valence-electron chi connectivity index (χ0n) is 16.9. The molecule has 0 radical (unpaired) electrons. The number of nitrogens with one attached hydrogen (secondary N) is 1. The highest BCUT2D eigenvalue weighted by atomic mass is 16.5. The molecule has 1 atom stereocenters. The summed E-state index contributed by atoms with van der Waals surface area (Å²) in [4.78, 5) is 30.5. The molecule has 2 heterocycles. The van der Waals surface area contributed by atoms with Crippen LogP contribution in [0.2, 0.25) is 0 Å². The number of rotatable bonds is 8. The minimum atomic E-state index is -0.620. The van der Waals surface area contributed by atoms with Gasteiger partial charge in [-0.25, -0.2) is 0 Å². The molecule has 0 spiro atoms. The van der Waals surface area contributed by atoms with E-state index >= 15 is 0 Å². The number of hydrogen-bond acceptors (Lipinski definition) is 4. The second-order valence-corrected chi connectivity index (χ2v) is 7.89. The second-order valence-electron chi connectivity index (χ2n) is 7.89. The first-order valence-electron chi connectivity index (χ1n) is 9.76. The van der Waals surface area contributed by atoms with Crippen molar-refractivity contribution in [3.05, 3.63) is 47.4 Å². The van der Waals surface area contributed by atoms with Gasteiger partial charge in [-0.3, -0.25) is 9.59 Å². The minimum Gasteiger partial charge on any atom is -0.503 e. The molecule has 1 unspecified atom stereocenters. The van der Waals surface area contributed by atoms with Gasteiger partial charge in [-0.1, -0.05) is 32.0 Å². The third-order valence-corrected chi connectivity index (χ3v) is 4.90. The number of aliphatic hydroxyl groups is 1. The van der Waals surface area contributed by atoms with Crippen LogP contribution in [-0.2, 0) is 14.3 Å². The van der Waals surface area contributed by atoms with Gasteiger partial charge in [0, 0.05) is 35.6 Å². The van der Waals surface area contributed by atoms with Crippen LogP contribution in [0, 0.1) is 5.92 Å². The predicted molar refractivity (Wildman–Crippen MR) is 108 cm³/mol. The Kier molecular flexibility index (Phi) is 5.89. The number of aromatic nitrogens is 1. The van der Waals surface area contributed by atoms with Crippen LogP contribution in [0.15, 0.2) is 41.8 Å². The van der Waals surface area contributed by atoms with Crippen molar-refractivity contribution in [2.75, 3.05) is 13.2 Å². The van der Waals surface area contributed by atoms with Gasteiger partial charge in [-0.2, -0.15) is 0 Å². The van der Waals surface area contributed by atoms with E-state index in [2.05, 4.69) is 4.98 Å². The van der Waals surface area contributed by atoms with E-state index in [-0.39, 0.29) is 29.8 Å². The van der Waals surface area contributed by atoms with Crippen molar-refractivity contribution < 1.29 is 19.4 Å². The van der Waals surface area contributed by atoms with Crippen LogP contribution in [0.25, 0.3) is 10.9 Å². The Morgan fingerprint density at radius 1 is 1.25 bits per heavy atom. The lowest BCUT2D eigenvalue weighted by atomic mass is 9.92. The normalized spacial score (nSPS) is 17.6. The Morgan fingerprint density at radius 3 is 2.64 bits per heavy atom. The Morgan fingerprint density at radius 2 is 1.96 bits per heavy atom. The number of benzene rings is 1. The number of ether oxygens (including phenoxy) is 1. The summed E-state index contributed by atoms with van der Waals surface area (Å²) in [7, 11) is 0. The van der Waals surface area contributed by atoms with Gasteiger partial charge < -0.3 is 19.7 Å². The molecular weight excluding hydrogens is 356 g/mol. The second kappa shape index (κ2) is 8.19. The van der Waals surface area contributed by atoms with E-state index in [1.807, 2.05) is 58.2 Å². The number of nitrogens with zero attached hydrogens (tertiary/aromatic N) is 1. The van der Waals surface area contributed by atoms with E-state index in [9.17, 15) is 14.7 Å². The van der Waals surface area contributed by atoms with Gasteiger partial charge >= 0.3 is 0 Å². The maximum Gasteiger partial charge on any atom is 0.290 e. The highest BCUT2D eigenvalue weighted by Crippen LogP contribution is 2.41. The molecule has 0 saturated heterocycles. The number of carbonyl (C=O) groups excluding carboxylic acids is 2. The number of Topliss-reactive ketones (excluding diaryl/α,β-unsaturated/α-hetero) is 1. The molecule has 28 heavy (non-hydrogen) atoms. The van der Waals surface area contributed by atoms with Gasteiger partial charge in [0.15, 0.2) is 11.5 Å². The summed E-state index contributed by atoms with van der Waals surface area (Å²) in [6.45, 7) is 8.37. The van der Waals surface area contributed by atoms with E-state index in [0.717, 1.165) is 16.5 Å². The third kappa shape index (κ3) is 3.83. The molecule has 6 nitrogen and oxygen atoms in total. The Labute approximate surface area is 165 Å². The molecule has 6 heteroatoms. The highest BCUT2D eigenvalue weighted by Gasteiger charge is 2.44. The van der Waals surface area contributed by atoms with Gasteiger partial charge in [-0.15, -0.1) is 0 Å². The number of H-pyrrole nitrogens is 1. The third-order valence-electron chi connectivity index (χ3n) is 4.90. The quantitative estimate of drug-likeness (QED) is 0.723. The van der Waals surface area contributed by atoms with Gasteiger partial charge in [0.1, 0.15) is 0 Å². The zero-order valence-corrected chi connectivity index (χ0v) is 16.9. The lowest BCUT2D eigenvalue weighted by molar-refractivity contribution is -0.130. The number of ketones is 1. The molecule has 0 fully saturated rings. The number of aromatic amines is 1. The van der Waals surface area contributed by atoms with E-state index in [0.29, 0.717) is 13.2 Å². The number of carbonyl (C=O) groups is 2. The molecule has 0 saturated carbocycles. The van der Waals surface area contributed by atoms with Crippen molar-refractivity contribution in [1.82, 2.24) is 9.88 Å². The van der Waals surface area contributed by atoms with Gasteiger partial charge in [0.25, 0.3) is 5.91 Å². The molecule has 1 aromatic carbocycles. The fourth-order valence-corrected chi connectivity index (χ4v) is 3.68. The van der Waals surface area contributed by atoms with Gasteiger partial charge in [-0.05, 0) is 25.8 Å². The van der Waals surface area contributed by atoms with Crippen LogP contribution in [0.1, 0.15) is 45.7 Å². The molecule has 3 rings (SSSR count). The zero-order chi connectivity index (χ0) is 20.4. The Balaban J connectivity index is 2.04. The van der Waals surface area contributed by atoms with Crippen LogP contribution in [0.3, 0.4) is 0 Å². The summed E-state index contributed by atoms with van der Waals surface area (Å²) in [5, 5.41) is 11.5. The number of para-hydroxylation sites is 1. The fraction of sp³-hybridized carbons (Fsp3) is 0.455. The summed E-state index contributed by atoms with van der Waals surface area (Å²) in [6, 6.07) is 7.12. The first-order chi connectivity index (χ1) is 13.3. The predicted octanol–water partition coefficient (Wildman–Crippen LogP) is 3.90. The monoisotopic (exact) mass is 384 g/mol. The van der Waals surface area contributed by atoms with E-state index in [4.69, 9.17) is 4.74 Å². The molecule has 1 amide bonds. The van der Waals surface area contributed by atoms with Crippen molar-refractivity contribution in [1.29, 1.82) is 0 Å². The maximum absolute atomic E-state index is 12.9. The van der Waals surface area contributed by atoms with Crippen molar-refractivity contribution in [3.63, 3.8) is 0 Å². The molecule has 1 aliphatic rings. The van der Waals surface area contributed by atoms with Crippen molar-refractivity contribution in [2.45, 2.75) is 46.3 Å². The van der Waals surface area contributed by atoms with Gasteiger partial charge in [0.05, 0.1) is 24.3 Å². The van der Waals surface area contributed by atoms with Crippen LogP contribution in [-0.4, -0.2) is 45.9 Å². The summed E-state index contributed by atoms with van der Waals surface area (Å²) < 4.78 is 5.61. The van der Waals surface area contributed by atoms with Crippen LogP contribution in [0.4, 0.5) is 0 Å². The Bertz CT molecular complexity index is 910. The number of amides is 1. The number of aliphatic hydroxyl groups excluding tert-OH is 1. The lowest BCUT2D eigenvalue weighted by Crippen LogP contribution is -2.34. The lowest BCUT2D eigenvalue weighted by Gasteiger charge is -2.27. The van der Waals surface area contributed by atoms with Crippen LogP contribution in [0.5, 0.6) is 0 Å². The first kappa shape index (κ1) is 20.1. The molecule has 1 aromatic heterocycles. The Hall–Kier alpha value is -2.60. The van der Waals surface area contributed by atoms with Crippen LogP contribution >= 0.6 is 0 Å². The standard InChI is InChI=1S/C22H28N2O4/c1-13(2)11-18(25)19-20(16-12-23-17-8-6-5-7-15(16)17)24(22(27)21(19)26)9-10-28-14(3)4/h5-8,12-14,20,23,26H,9-11H2,1-4H3. The van der Waals surface area contributed by atoms with Crippen molar-refractivity contribution >= 4 is 22.6 Å². The molecule has 1 aliphatic heterocycles. The molecule has 2 N–H and O–H groups in total. The van der Waals surface area contributed by atoms with Gasteiger partial charge in [0.2, 0.25) is 0 Å². The molecule has 150 valence electrons. The topological polar surface area (TPSA) is 82.6 Å². The minimum absolute atomic E-state index is 0.0350. The SMILES string of the molecule is CC(C)CC(=O)C1=C(O)C(=O)N(CCOC(C)C)C1c1c[nH]c2ccccc12. The molecule has 0 aliphatic carbocycles. The molecule has 0 bridgehead atoms. The average Bonchev–Trinajstić information content (AvgIpc) is 3.15. The number of fused-ring (bicyclic) bond motifs is 1. The fourth-order valence-electron chi connectivity index (χ4n) is 3.68. The summed E-state index contributed by atoms with van der Waals surface area (Å²) in [6.07, 6.45) is 2.13. The van der Waals surface area contributed by atoms with E-state index < -0.39 is 17.7 Å². The average molecular weight is 384 g/mol. The largest absolute Gasteiger partial charge is 0.503 e. The number of hydrogen-bond donors (Lipinski definition) is 2. The smallest absolute Gasteiger partial charge is 0.290 e. The molecule has 2 aromatic rings.